The lowest BCUT2D eigenvalue weighted by atomic mass is 10.1. The SMILES string of the molecule is Cc1nsc(C)c1Sc1cc(C(=O)O)cc(C(=O)O)c1. The van der Waals surface area contributed by atoms with E-state index in [0.717, 1.165) is 21.5 Å². The van der Waals surface area contributed by atoms with E-state index in [0.29, 0.717) is 4.90 Å². The van der Waals surface area contributed by atoms with Crippen LogP contribution in [0.2, 0.25) is 0 Å². The molecule has 2 aromatic rings. The Hall–Kier alpha value is -1.86. The number of benzene rings is 1. The summed E-state index contributed by atoms with van der Waals surface area (Å²) < 4.78 is 4.22. The van der Waals surface area contributed by atoms with Crippen molar-refractivity contribution in [3.8, 4) is 0 Å². The van der Waals surface area contributed by atoms with Gasteiger partial charge in [-0.15, -0.1) is 0 Å². The first-order valence-corrected chi connectivity index (χ1v) is 7.20. The van der Waals surface area contributed by atoms with Crippen molar-refractivity contribution in [1.82, 2.24) is 4.37 Å². The topological polar surface area (TPSA) is 87.5 Å². The third-order valence-electron chi connectivity index (χ3n) is 2.59. The molecule has 0 aliphatic heterocycles. The Morgan fingerprint density at radius 1 is 1.10 bits per heavy atom. The van der Waals surface area contributed by atoms with Gasteiger partial charge in [-0.1, -0.05) is 11.8 Å². The molecule has 0 unspecified atom stereocenters. The van der Waals surface area contributed by atoms with Crippen molar-refractivity contribution in [3.63, 3.8) is 0 Å². The Balaban J connectivity index is 2.46. The number of aromatic nitrogens is 1. The summed E-state index contributed by atoms with van der Waals surface area (Å²) in [5.74, 6) is -2.29. The maximum Gasteiger partial charge on any atom is 0.335 e. The van der Waals surface area contributed by atoms with Crippen molar-refractivity contribution in [2.75, 3.05) is 0 Å². The van der Waals surface area contributed by atoms with Crippen LogP contribution in [-0.4, -0.2) is 26.5 Å². The fourth-order valence-electron chi connectivity index (χ4n) is 1.64. The van der Waals surface area contributed by atoms with Crippen LogP contribution in [0, 0.1) is 13.8 Å². The van der Waals surface area contributed by atoms with Gasteiger partial charge in [0.2, 0.25) is 0 Å². The van der Waals surface area contributed by atoms with Gasteiger partial charge in [0.15, 0.2) is 0 Å². The second-order valence-electron chi connectivity index (χ2n) is 4.11. The average molecular weight is 309 g/mol. The summed E-state index contributed by atoms with van der Waals surface area (Å²) in [4.78, 5) is 24.6. The van der Waals surface area contributed by atoms with Crippen molar-refractivity contribution in [2.45, 2.75) is 23.6 Å². The summed E-state index contributed by atoms with van der Waals surface area (Å²) in [7, 11) is 0. The van der Waals surface area contributed by atoms with E-state index in [1.54, 1.807) is 0 Å². The number of carboxylic acids is 2. The predicted molar refractivity (Wildman–Crippen MR) is 76.1 cm³/mol. The van der Waals surface area contributed by atoms with Gasteiger partial charge >= 0.3 is 11.9 Å². The van der Waals surface area contributed by atoms with E-state index in [2.05, 4.69) is 4.37 Å². The van der Waals surface area contributed by atoms with Crippen LogP contribution < -0.4 is 0 Å². The molecule has 5 nitrogen and oxygen atoms in total. The zero-order chi connectivity index (χ0) is 14.9. The molecular weight excluding hydrogens is 298 g/mol. The van der Waals surface area contributed by atoms with Crippen LogP contribution >= 0.6 is 23.3 Å². The minimum Gasteiger partial charge on any atom is -0.478 e. The average Bonchev–Trinajstić information content (AvgIpc) is 2.70. The number of carbonyl (C=O) groups is 2. The minimum atomic E-state index is -1.15. The van der Waals surface area contributed by atoms with Gasteiger partial charge in [0.1, 0.15) is 0 Å². The first kappa shape index (κ1) is 14.5. The summed E-state index contributed by atoms with van der Waals surface area (Å²) in [6.45, 7) is 3.79. The molecule has 0 aliphatic carbocycles. The standard InChI is InChI=1S/C13H11NO4S2/c1-6-11(7(2)20-14-6)19-10-4-8(12(15)16)3-9(5-10)13(17)18/h3-5H,1-2H3,(H,15,16)(H,17,18). The van der Waals surface area contributed by atoms with Gasteiger partial charge in [0.25, 0.3) is 0 Å². The molecule has 0 atom stereocenters. The molecule has 0 bridgehead atoms. The fraction of sp³-hybridized carbons (Fsp3) is 0.154. The molecule has 1 heterocycles. The van der Waals surface area contributed by atoms with Gasteiger partial charge in [-0.2, -0.15) is 4.37 Å². The van der Waals surface area contributed by atoms with E-state index in [4.69, 9.17) is 10.2 Å². The Kier molecular flexibility index (Phi) is 4.10. The number of rotatable bonds is 4. The quantitative estimate of drug-likeness (QED) is 0.901. The van der Waals surface area contributed by atoms with E-state index in [9.17, 15) is 9.59 Å². The molecule has 0 saturated carbocycles. The largest absolute Gasteiger partial charge is 0.478 e. The van der Waals surface area contributed by atoms with Gasteiger partial charge in [-0.3, -0.25) is 0 Å². The van der Waals surface area contributed by atoms with Crippen molar-refractivity contribution < 1.29 is 19.8 Å². The zero-order valence-corrected chi connectivity index (χ0v) is 12.3. The highest BCUT2D eigenvalue weighted by Crippen LogP contribution is 2.35. The van der Waals surface area contributed by atoms with E-state index in [-0.39, 0.29) is 11.1 Å². The number of hydrogen-bond donors (Lipinski definition) is 2. The molecule has 0 spiro atoms. The molecule has 2 N–H and O–H groups in total. The maximum atomic E-state index is 11.1. The maximum absolute atomic E-state index is 11.1. The van der Waals surface area contributed by atoms with Gasteiger partial charge in [0, 0.05) is 14.7 Å². The first-order chi connectivity index (χ1) is 9.38. The van der Waals surface area contributed by atoms with Crippen molar-refractivity contribution in [1.29, 1.82) is 0 Å². The van der Waals surface area contributed by atoms with Crippen LogP contribution in [0.25, 0.3) is 0 Å². The lowest BCUT2D eigenvalue weighted by Crippen LogP contribution is -2.02. The molecule has 0 saturated heterocycles. The second kappa shape index (κ2) is 5.64. The molecule has 0 aliphatic rings. The Bertz CT molecular complexity index is 642. The minimum absolute atomic E-state index is 0.0362. The number of aromatic carboxylic acids is 2. The zero-order valence-electron chi connectivity index (χ0n) is 10.7. The molecule has 20 heavy (non-hydrogen) atoms. The molecule has 1 aromatic heterocycles. The normalized spacial score (nSPS) is 10.5. The van der Waals surface area contributed by atoms with E-state index in [1.807, 2.05) is 13.8 Å². The van der Waals surface area contributed by atoms with E-state index < -0.39 is 11.9 Å². The summed E-state index contributed by atoms with van der Waals surface area (Å²) in [6.07, 6.45) is 0. The molecule has 0 fully saturated rings. The Morgan fingerprint density at radius 3 is 2.05 bits per heavy atom. The number of carboxylic acid groups (broad SMARTS) is 2. The number of hydrogen-bond acceptors (Lipinski definition) is 5. The summed E-state index contributed by atoms with van der Waals surface area (Å²) >= 11 is 2.70. The third kappa shape index (κ3) is 3.00. The highest BCUT2D eigenvalue weighted by molar-refractivity contribution is 7.99. The summed E-state index contributed by atoms with van der Waals surface area (Å²) in [6, 6.07) is 4.09. The third-order valence-corrected chi connectivity index (χ3v) is 4.84. The van der Waals surface area contributed by atoms with E-state index >= 15 is 0 Å². The molecule has 2 rings (SSSR count). The number of nitrogens with zero attached hydrogens (tertiary/aromatic N) is 1. The van der Waals surface area contributed by atoms with Crippen molar-refractivity contribution in [3.05, 3.63) is 39.9 Å². The van der Waals surface area contributed by atoms with Crippen molar-refractivity contribution >= 4 is 35.2 Å². The first-order valence-electron chi connectivity index (χ1n) is 5.61. The lowest BCUT2D eigenvalue weighted by molar-refractivity contribution is 0.0696. The van der Waals surface area contributed by atoms with Crippen molar-refractivity contribution in [2.24, 2.45) is 0 Å². The Morgan fingerprint density at radius 2 is 1.65 bits per heavy atom. The highest BCUT2D eigenvalue weighted by atomic mass is 32.2. The molecule has 104 valence electrons. The van der Waals surface area contributed by atoms with Gasteiger partial charge in [0.05, 0.1) is 16.8 Å². The van der Waals surface area contributed by atoms with Gasteiger partial charge < -0.3 is 10.2 Å². The van der Waals surface area contributed by atoms with Crippen LogP contribution in [0.15, 0.2) is 28.0 Å². The van der Waals surface area contributed by atoms with E-state index in [1.165, 1.54) is 35.4 Å². The highest BCUT2D eigenvalue weighted by Gasteiger charge is 2.14. The number of aryl methyl sites for hydroxylation is 2. The second-order valence-corrected chi connectivity index (χ2v) is 6.17. The van der Waals surface area contributed by atoms with Crippen LogP contribution in [0.4, 0.5) is 0 Å². The van der Waals surface area contributed by atoms with Crippen LogP contribution in [0.1, 0.15) is 31.3 Å². The monoisotopic (exact) mass is 309 g/mol. The summed E-state index contributed by atoms with van der Waals surface area (Å²) in [5.41, 5.74) is 0.784. The predicted octanol–water partition coefficient (Wildman–Crippen LogP) is 3.31. The smallest absolute Gasteiger partial charge is 0.335 e. The Labute approximate surface area is 123 Å². The lowest BCUT2D eigenvalue weighted by Gasteiger charge is -2.05. The molecule has 0 radical (unpaired) electrons. The van der Waals surface area contributed by atoms with Gasteiger partial charge in [-0.05, 0) is 43.6 Å². The van der Waals surface area contributed by atoms with Crippen LogP contribution in [-0.2, 0) is 0 Å². The molecular formula is C13H11NO4S2. The molecule has 7 heteroatoms. The van der Waals surface area contributed by atoms with Crippen LogP contribution in [0.5, 0.6) is 0 Å². The summed E-state index contributed by atoms with van der Waals surface area (Å²) in [5, 5.41) is 18.1. The molecule has 0 amide bonds. The fourth-order valence-corrected chi connectivity index (χ4v) is 3.48. The molecule has 1 aromatic carbocycles. The van der Waals surface area contributed by atoms with Crippen LogP contribution in [0.3, 0.4) is 0 Å². The van der Waals surface area contributed by atoms with Gasteiger partial charge in [-0.25, -0.2) is 9.59 Å².